The van der Waals surface area contributed by atoms with Crippen LogP contribution >= 0.6 is 0 Å². The number of furan rings is 1. The van der Waals surface area contributed by atoms with Gasteiger partial charge in [-0.25, -0.2) is 0 Å². The molecule has 3 nitrogen and oxygen atoms in total. The van der Waals surface area contributed by atoms with E-state index < -0.39 is 10.2 Å². The van der Waals surface area contributed by atoms with Crippen LogP contribution in [-0.2, 0) is 10.2 Å². The third-order valence-electron chi connectivity index (χ3n) is 1.92. The van der Waals surface area contributed by atoms with E-state index in [1.165, 1.54) is 12.3 Å². The largest absolute Gasteiger partial charge is 0.464 e. The predicted molar refractivity (Wildman–Crippen MR) is 55.3 cm³/mol. The number of rotatable bonds is 2. The van der Waals surface area contributed by atoms with Gasteiger partial charge in [-0.2, -0.15) is 8.42 Å². The number of para-hydroxylation sites is 1. The molecule has 15 heavy (non-hydrogen) atoms. The van der Waals surface area contributed by atoms with Crippen molar-refractivity contribution in [2.24, 2.45) is 0 Å². The lowest BCUT2D eigenvalue weighted by atomic mass is 10.2. The van der Waals surface area contributed by atoms with Crippen LogP contribution in [0.2, 0.25) is 0 Å². The van der Waals surface area contributed by atoms with Crippen LogP contribution in [0.25, 0.3) is 17.0 Å². The number of halogens is 1. The van der Waals surface area contributed by atoms with Gasteiger partial charge in [0.2, 0.25) is 0 Å². The number of hydrogen-bond donors (Lipinski definition) is 0. The first kappa shape index (κ1) is 9.92. The van der Waals surface area contributed by atoms with Crippen LogP contribution in [0.15, 0.2) is 40.4 Å². The fourth-order valence-electron chi connectivity index (χ4n) is 1.28. The van der Waals surface area contributed by atoms with Crippen LogP contribution in [0.4, 0.5) is 3.89 Å². The van der Waals surface area contributed by atoms with E-state index in [1.807, 2.05) is 0 Å². The zero-order valence-corrected chi connectivity index (χ0v) is 8.37. The quantitative estimate of drug-likeness (QED) is 0.739. The molecule has 0 N–H and O–H groups in total. The second kappa shape index (κ2) is 3.51. The van der Waals surface area contributed by atoms with Crippen molar-refractivity contribution < 1.29 is 16.7 Å². The van der Waals surface area contributed by atoms with Crippen LogP contribution in [-0.4, -0.2) is 8.42 Å². The topological polar surface area (TPSA) is 47.3 Å². The van der Waals surface area contributed by atoms with Crippen LogP contribution in [0.5, 0.6) is 0 Å². The molecule has 0 saturated carbocycles. The van der Waals surface area contributed by atoms with Crippen LogP contribution in [0, 0.1) is 0 Å². The SMILES string of the molecule is O=S(=O)(F)/C=C/c1coc2ccccc12. The van der Waals surface area contributed by atoms with Crippen molar-refractivity contribution in [3.63, 3.8) is 0 Å². The Morgan fingerprint density at radius 3 is 2.73 bits per heavy atom. The minimum Gasteiger partial charge on any atom is -0.464 e. The molecule has 0 aliphatic rings. The molecule has 0 spiro atoms. The zero-order chi connectivity index (χ0) is 10.9. The molecule has 1 aromatic heterocycles. The van der Waals surface area contributed by atoms with Crippen LogP contribution in [0.1, 0.15) is 5.56 Å². The molecule has 0 unspecified atom stereocenters. The molecule has 0 bridgehead atoms. The second-order valence-corrected chi connectivity index (χ2v) is 4.19. The molecular formula is C10H7FO3S. The van der Waals surface area contributed by atoms with Crippen molar-refractivity contribution >= 4 is 27.3 Å². The van der Waals surface area contributed by atoms with E-state index >= 15 is 0 Å². The zero-order valence-electron chi connectivity index (χ0n) is 7.55. The van der Waals surface area contributed by atoms with Gasteiger partial charge in [0.05, 0.1) is 11.7 Å². The third-order valence-corrected chi connectivity index (χ3v) is 2.38. The maximum Gasteiger partial charge on any atom is 0.325 e. The third kappa shape index (κ3) is 2.24. The average molecular weight is 226 g/mol. The normalized spacial score (nSPS) is 12.6. The highest BCUT2D eigenvalue weighted by Gasteiger charge is 2.04. The first-order valence-electron chi connectivity index (χ1n) is 4.15. The minimum atomic E-state index is -4.59. The number of benzene rings is 1. The van der Waals surface area contributed by atoms with Gasteiger partial charge >= 0.3 is 10.2 Å². The molecule has 5 heteroatoms. The number of hydrogen-bond acceptors (Lipinski definition) is 3. The molecule has 0 aliphatic carbocycles. The molecule has 78 valence electrons. The molecule has 0 amide bonds. The van der Waals surface area contributed by atoms with E-state index in [-0.39, 0.29) is 0 Å². The predicted octanol–water partition coefficient (Wildman–Crippen LogP) is 2.70. The van der Waals surface area contributed by atoms with Gasteiger partial charge in [0.15, 0.2) is 0 Å². The van der Waals surface area contributed by atoms with Gasteiger partial charge in [0.25, 0.3) is 0 Å². The van der Waals surface area contributed by atoms with Crippen molar-refractivity contribution in [3.8, 4) is 0 Å². The molecule has 2 aromatic rings. The van der Waals surface area contributed by atoms with E-state index in [9.17, 15) is 12.3 Å². The molecule has 0 fully saturated rings. The second-order valence-electron chi connectivity index (χ2n) is 2.97. The van der Waals surface area contributed by atoms with Gasteiger partial charge in [0, 0.05) is 10.9 Å². The Labute approximate surface area is 86.0 Å². The summed E-state index contributed by atoms with van der Waals surface area (Å²) in [6.07, 6.45) is 2.55. The average Bonchev–Trinajstić information content (AvgIpc) is 2.57. The Morgan fingerprint density at radius 2 is 2.00 bits per heavy atom. The fourth-order valence-corrected chi connectivity index (χ4v) is 1.59. The molecule has 2 rings (SSSR count). The smallest absolute Gasteiger partial charge is 0.325 e. The van der Waals surface area contributed by atoms with Crippen molar-refractivity contribution in [1.29, 1.82) is 0 Å². The highest BCUT2D eigenvalue weighted by atomic mass is 32.3. The molecular weight excluding hydrogens is 219 g/mol. The van der Waals surface area contributed by atoms with Gasteiger partial charge in [-0.05, 0) is 12.1 Å². The highest BCUT2D eigenvalue weighted by Crippen LogP contribution is 2.22. The summed E-state index contributed by atoms with van der Waals surface area (Å²) in [4.78, 5) is 0. The molecule has 1 heterocycles. The summed E-state index contributed by atoms with van der Waals surface area (Å²) >= 11 is 0. The van der Waals surface area contributed by atoms with Gasteiger partial charge < -0.3 is 4.42 Å². The van der Waals surface area contributed by atoms with Crippen molar-refractivity contribution in [2.75, 3.05) is 0 Å². The fraction of sp³-hybridized carbons (Fsp3) is 0. The lowest BCUT2D eigenvalue weighted by molar-refractivity contribution is 0.563. The van der Waals surface area contributed by atoms with Gasteiger partial charge in [-0.3, -0.25) is 0 Å². The summed E-state index contributed by atoms with van der Waals surface area (Å²) in [6.45, 7) is 0. The first-order valence-corrected chi connectivity index (χ1v) is 5.60. The first-order chi connectivity index (χ1) is 7.06. The lowest BCUT2D eigenvalue weighted by Gasteiger charge is -1.87. The molecule has 1 aromatic carbocycles. The van der Waals surface area contributed by atoms with E-state index in [0.717, 1.165) is 5.39 Å². The van der Waals surface area contributed by atoms with Crippen LogP contribution in [0.3, 0.4) is 0 Å². The standard InChI is InChI=1S/C10H7FO3S/c11-15(12,13)6-5-8-7-14-10-4-2-1-3-9(8)10/h1-7H/b6-5+. The summed E-state index contributed by atoms with van der Waals surface area (Å²) in [5.74, 6) is 0. The Hall–Kier alpha value is -1.62. The van der Waals surface area contributed by atoms with Crippen molar-refractivity contribution in [3.05, 3.63) is 41.5 Å². The Kier molecular flexibility index (Phi) is 2.32. The number of fused-ring (bicyclic) bond motifs is 1. The van der Waals surface area contributed by atoms with E-state index in [2.05, 4.69) is 0 Å². The minimum absolute atomic E-state index is 0.504. The van der Waals surface area contributed by atoms with E-state index in [1.54, 1.807) is 24.3 Å². The highest BCUT2D eigenvalue weighted by molar-refractivity contribution is 7.89. The van der Waals surface area contributed by atoms with E-state index in [0.29, 0.717) is 16.6 Å². The van der Waals surface area contributed by atoms with Crippen molar-refractivity contribution in [2.45, 2.75) is 0 Å². The molecule has 0 aliphatic heterocycles. The summed E-state index contributed by atoms with van der Waals surface area (Å²) < 4.78 is 37.9. The summed E-state index contributed by atoms with van der Waals surface area (Å²) in [5, 5.41) is 1.25. The maximum atomic E-state index is 12.2. The molecule has 0 radical (unpaired) electrons. The summed E-state index contributed by atoms with van der Waals surface area (Å²) in [7, 11) is -4.59. The van der Waals surface area contributed by atoms with E-state index in [4.69, 9.17) is 4.42 Å². The Bertz CT molecular complexity index is 610. The molecule has 0 atom stereocenters. The van der Waals surface area contributed by atoms with Crippen LogP contribution < -0.4 is 0 Å². The summed E-state index contributed by atoms with van der Waals surface area (Å²) in [5.41, 5.74) is 1.17. The Morgan fingerprint density at radius 1 is 1.27 bits per heavy atom. The van der Waals surface area contributed by atoms with Gasteiger partial charge in [0.1, 0.15) is 5.58 Å². The molecule has 0 saturated heterocycles. The summed E-state index contributed by atoms with van der Waals surface area (Å²) in [6, 6.07) is 7.10. The maximum absolute atomic E-state index is 12.2. The monoisotopic (exact) mass is 226 g/mol. The Balaban J connectivity index is 2.50. The van der Waals surface area contributed by atoms with Gasteiger partial charge in [-0.1, -0.05) is 18.2 Å². The van der Waals surface area contributed by atoms with Crippen molar-refractivity contribution in [1.82, 2.24) is 0 Å². The lowest BCUT2D eigenvalue weighted by Crippen LogP contribution is -1.80. The van der Waals surface area contributed by atoms with Gasteiger partial charge in [-0.15, -0.1) is 3.89 Å².